The number of ether oxygens (including phenoxy) is 1. The van der Waals surface area contributed by atoms with Gasteiger partial charge in [-0.3, -0.25) is 4.40 Å². The SMILES string of the molecule is COCCc1nnc2cc(N3CCNCC3)ccn12. The fourth-order valence-corrected chi connectivity index (χ4v) is 2.41. The number of rotatable bonds is 4. The van der Waals surface area contributed by atoms with Crippen molar-refractivity contribution in [2.24, 2.45) is 0 Å². The third-order valence-electron chi connectivity index (χ3n) is 3.48. The highest BCUT2D eigenvalue weighted by atomic mass is 16.5. The van der Waals surface area contributed by atoms with Crippen LogP contribution in [0.25, 0.3) is 5.65 Å². The summed E-state index contributed by atoms with van der Waals surface area (Å²) in [5.74, 6) is 0.948. The molecular formula is C13H19N5O. The van der Waals surface area contributed by atoms with Crippen molar-refractivity contribution in [2.75, 3.05) is 44.8 Å². The molecular weight excluding hydrogens is 242 g/mol. The highest BCUT2D eigenvalue weighted by molar-refractivity contribution is 5.56. The molecule has 0 atom stereocenters. The Morgan fingerprint density at radius 3 is 2.95 bits per heavy atom. The smallest absolute Gasteiger partial charge is 0.162 e. The molecule has 1 fully saturated rings. The maximum absolute atomic E-state index is 5.09. The lowest BCUT2D eigenvalue weighted by molar-refractivity contribution is 0.200. The summed E-state index contributed by atoms with van der Waals surface area (Å²) >= 11 is 0. The van der Waals surface area contributed by atoms with Crippen molar-refractivity contribution < 1.29 is 4.74 Å². The van der Waals surface area contributed by atoms with E-state index in [0.29, 0.717) is 6.61 Å². The van der Waals surface area contributed by atoms with Gasteiger partial charge in [0.2, 0.25) is 0 Å². The average Bonchev–Trinajstić information content (AvgIpc) is 2.88. The summed E-state index contributed by atoms with van der Waals surface area (Å²) in [5, 5.41) is 11.8. The van der Waals surface area contributed by atoms with E-state index >= 15 is 0 Å². The van der Waals surface area contributed by atoms with Gasteiger partial charge in [-0.1, -0.05) is 0 Å². The molecule has 0 unspecified atom stereocenters. The monoisotopic (exact) mass is 261 g/mol. The van der Waals surface area contributed by atoms with Gasteiger partial charge < -0.3 is 15.0 Å². The molecule has 0 aliphatic carbocycles. The van der Waals surface area contributed by atoms with Gasteiger partial charge in [-0.15, -0.1) is 10.2 Å². The van der Waals surface area contributed by atoms with Gasteiger partial charge >= 0.3 is 0 Å². The lowest BCUT2D eigenvalue weighted by Gasteiger charge is -2.29. The number of fused-ring (bicyclic) bond motifs is 1. The van der Waals surface area contributed by atoms with Crippen LogP contribution in [0, 0.1) is 0 Å². The second-order valence-corrected chi connectivity index (χ2v) is 4.71. The van der Waals surface area contributed by atoms with Gasteiger partial charge in [0, 0.05) is 57.7 Å². The van der Waals surface area contributed by atoms with Gasteiger partial charge in [-0.25, -0.2) is 0 Å². The van der Waals surface area contributed by atoms with Crippen LogP contribution >= 0.6 is 0 Å². The maximum Gasteiger partial charge on any atom is 0.162 e. The molecule has 2 aromatic rings. The lowest BCUT2D eigenvalue weighted by atomic mass is 10.3. The molecule has 19 heavy (non-hydrogen) atoms. The first-order valence-corrected chi connectivity index (χ1v) is 6.67. The van der Waals surface area contributed by atoms with Crippen LogP contribution in [0.3, 0.4) is 0 Å². The van der Waals surface area contributed by atoms with Crippen LogP contribution in [0.5, 0.6) is 0 Å². The van der Waals surface area contributed by atoms with E-state index in [1.54, 1.807) is 7.11 Å². The van der Waals surface area contributed by atoms with E-state index in [9.17, 15) is 0 Å². The second-order valence-electron chi connectivity index (χ2n) is 4.71. The minimum atomic E-state index is 0.667. The molecule has 0 amide bonds. The number of methoxy groups -OCH3 is 1. The normalized spacial score (nSPS) is 16.2. The number of aromatic nitrogens is 3. The molecule has 3 heterocycles. The number of anilines is 1. The van der Waals surface area contributed by atoms with Gasteiger partial charge in [-0.05, 0) is 6.07 Å². The third-order valence-corrected chi connectivity index (χ3v) is 3.48. The highest BCUT2D eigenvalue weighted by Gasteiger charge is 2.12. The average molecular weight is 261 g/mol. The minimum absolute atomic E-state index is 0.667. The van der Waals surface area contributed by atoms with E-state index in [4.69, 9.17) is 4.74 Å². The molecule has 0 saturated carbocycles. The van der Waals surface area contributed by atoms with Crippen molar-refractivity contribution in [3.63, 3.8) is 0 Å². The molecule has 1 aliphatic rings. The Balaban J connectivity index is 1.85. The van der Waals surface area contributed by atoms with Crippen LogP contribution in [-0.4, -0.2) is 54.5 Å². The van der Waals surface area contributed by atoms with Crippen LogP contribution in [0.2, 0.25) is 0 Å². The minimum Gasteiger partial charge on any atom is -0.384 e. The number of hydrogen-bond donors (Lipinski definition) is 1. The van der Waals surface area contributed by atoms with E-state index in [0.717, 1.165) is 44.1 Å². The molecule has 0 bridgehead atoms. The van der Waals surface area contributed by atoms with E-state index in [1.807, 2.05) is 4.40 Å². The Hall–Kier alpha value is -1.66. The molecule has 1 aliphatic heterocycles. The van der Waals surface area contributed by atoms with Crippen molar-refractivity contribution in [3.05, 3.63) is 24.2 Å². The lowest BCUT2D eigenvalue weighted by Crippen LogP contribution is -2.43. The molecule has 6 nitrogen and oxygen atoms in total. The first-order chi connectivity index (χ1) is 9.38. The number of nitrogens with zero attached hydrogens (tertiary/aromatic N) is 4. The largest absolute Gasteiger partial charge is 0.384 e. The summed E-state index contributed by atoms with van der Waals surface area (Å²) in [4.78, 5) is 2.38. The van der Waals surface area contributed by atoms with Crippen molar-refractivity contribution in [2.45, 2.75) is 6.42 Å². The first-order valence-electron chi connectivity index (χ1n) is 6.67. The van der Waals surface area contributed by atoms with E-state index < -0.39 is 0 Å². The van der Waals surface area contributed by atoms with Crippen molar-refractivity contribution in [1.29, 1.82) is 0 Å². The van der Waals surface area contributed by atoms with Crippen LogP contribution in [-0.2, 0) is 11.2 Å². The summed E-state index contributed by atoms with van der Waals surface area (Å²) in [5.41, 5.74) is 2.13. The summed E-state index contributed by atoms with van der Waals surface area (Å²) in [7, 11) is 1.70. The molecule has 0 radical (unpaired) electrons. The Morgan fingerprint density at radius 2 is 2.16 bits per heavy atom. The van der Waals surface area contributed by atoms with Crippen LogP contribution in [0.1, 0.15) is 5.82 Å². The summed E-state index contributed by atoms with van der Waals surface area (Å²) in [6.07, 6.45) is 2.84. The predicted molar refractivity (Wildman–Crippen MR) is 73.6 cm³/mol. The zero-order valence-electron chi connectivity index (χ0n) is 11.2. The topological polar surface area (TPSA) is 54.7 Å². The maximum atomic E-state index is 5.09. The molecule has 2 aromatic heterocycles. The quantitative estimate of drug-likeness (QED) is 0.859. The summed E-state index contributed by atoms with van der Waals surface area (Å²) < 4.78 is 7.12. The van der Waals surface area contributed by atoms with Crippen LogP contribution in [0.15, 0.2) is 18.3 Å². The molecule has 1 N–H and O–H groups in total. The Kier molecular flexibility index (Phi) is 3.61. The first kappa shape index (κ1) is 12.4. The van der Waals surface area contributed by atoms with Gasteiger partial charge in [-0.2, -0.15) is 0 Å². The highest BCUT2D eigenvalue weighted by Crippen LogP contribution is 2.17. The molecule has 0 aromatic carbocycles. The van der Waals surface area contributed by atoms with Gasteiger partial charge in [0.05, 0.1) is 6.61 Å². The Bertz CT molecular complexity index is 547. The van der Waals surface area contributed by atoms with E-state index in [2.05, 4.69) is 38.7 Å². The molecule has 1 saturated heterocycles. The zero-order chi connectivity index (χ0) is 13.1. The van der Waals surface area contributed by atoms with Crippen molar-refractivity contribution in [1.82, 2.24) is 19.9 Å². The fraction of sp³-hybridized carbons (Fsp3) is 0.538. The number of hydrogen-bond acceptors (Lipinski definition) is 5. The number of nitrogens with one attached hydrogen (secondary N) is 1. The van der Waals surface area contributed by atoms with Gasteiger partial charge in [0.1, 0.15) is 5.82 Å². The van der Waals surface area contributed by atoms with Gasteiger partial charge in [0.25, 0.3) is 0 Å². The van der Waals surface area contributed by atoms with Crippen molar-refractivity contribution in [3.8, 4) is 0 Å². The molecule has 3 rings (SSSR count). The zero-order valence-corrected chi connectivity index (χ0v) is 11.2. The third kappa shape index (κ3) is 2.54. The van der Waals surface area contributed by atoms with Crippen LogP contribution < -0.4 is 10.2 Å². The predicted octanol–water partition coefficient (Wildman–Crippen LogP) is 0.328. The van der Waals surface area contributed by atoms with E-state index in [1.165, 1.54) is 5.69 Å². The Labute approximate surface area is 112 Å². The molecule has 102 valence electrons. The second kappa shape index (κ2) is 5.54. The van der Waals surface area contributed by atoms with Crippen molar-refractivity contribution >= 4 is 11.3 Å². The fourth-order valence-electron chi connectivity index (χ4n) is 2.41. The Morgan fingerprint density at radius 1 is 1.32 bits per heavy atom. The van der Waals surface area contributed by atoms with Crippen LogP contribution in [0.4, 0.5) is 5.69 Å². The molecule has 0 spiro atoms. The molecule has 6 heteroatoms. The van der Waals surface area contributed by atoms with Gasteiger partial charge in [0.15, 0.2) is 5.65 Å². The number of piperazine rings is 1. The summed E-state index contributed by atoms with van der Waals surface area (Å²) in [6, 6.07) is 4.24. The number of pyridine rings is 1. The van der Waals surface area contributed by atoms with E-state index in [-0.39, 0.29) is 0 Å². The standard InChI is InChI=1S/C13H19N5O/c1-19-9-3-12-15-16-13-10-11(2-6-18(12)13)17-7-4-14-5-8-17/h2,6,10,14H,3-5,7-9H2,1H3. The summed E-state index contributed by atoms with van der Waals surface area (Å²) in [6.45, 7) is 4.83.